The van der Waals surface area contributed by atoms with Crippen LogP contribution >= 0.6 is 0 Å². The summed E-state index contributed by atoms with van der Waals surface area (Å²) < 4.78 is 0. The Bertz CT molecular complexity index is 481. The Kier molecular flexibility index (Phi) is 30.2. The van der Waals surface area contributed by atoms with Crippen molar-refractivity contribution in [2.24, 2.45) is 0 Å². The van der Waals surface area contributed by atoms with Gasteiger partial charge in [-0.2, -0.15) is 0 Å². The Balaban J connectivity index is -0.000000174. The Hall–Kier alpha value is -2.18. The van der Waals surface area contributed by atoms with Gasteiger partial charge in [-0.05, 0) is 20.8 Å². The number of carbonyl (C=O) groups is 6. The second kappa shape index (κ2) is 25.9. The topological polar surface area (TPSA) is 205 Å². The number of nitrogens with zero attached hydrogens (tertiary/aromatic N) is 3. The van der Waals surface area contributed by atoms with E-state index in [4.69, 9.17) is 15.3 Å². The van der Waals surface area contributed by atoms with Crippen LogP contribution in [0.5, 0.6) is 0 Å². The molecule has 0 spiro atoms. The zero-order chi connectivity index (χ0) is 23.9. The number of aliphatic hydroxyl groups excluding tert-OH is 3. The van der Waals surface area contributed by atoms with Gasteiger partial charge < -0.3 is 45.7 Å². The van der Waals surface area contributed by atoms with Crippen LogP contribution in [-0.4, -0.2) is 89.8 Å². The molecule has 3 amide bonds. The smallest absolute Gasteiger partial charge is 0.651 e. The van der Waals surface area contributed by atoms with Crippen LogP contribution < -0.4 is 0 Å². The maximum atomic E-state index is 10.5. The first kappa shape index (κ1) is 36.2. The van der Waals surface area contributed by atoms with Crippen molar-refractivity contribution in [1.29, 1.82) is 0 Å². The van der Waals surface area contributed by atoms with Crippen molar-refractivity contribution in [3.05, 3.63) is 16.0 Å². The van der Waals surface area contributed by atoms with E-state index in [0.717, 1.165) is 0 Å². The van der Waals surface area contributed by atoms with E-state index in [1.165, 1.54) is 20.8 Å². The Labute approximate surface area is 192 Å². The van der Waals surface area contributed by atoms with E-state index in [9.17, 15) is 28.8 Å². The fourth-order valence-electron chi connectivity index (χ4n) is 1.33. The molecular formula is C18H30FeN3O9. The monoisotopic (exact) mass is 488 g/mol. The summed E-state index contributed by atoms with van der Waals surface area (Å²) >= 11 is 0. The van der Waals surface area contributed by atoms with Crippen molar-refractivity contribution < 1.29 is 61.2 Å². The predicted molar refractivity (Wildman–Crippen MR) is 107 cm³/mol. The maximum absolute atomic E-state index is 10.5. The average Bonchev–Trinajstić information content (AvgIpc) is 2.62. The van der Waals surface area contributed by atoms with Crippen molar-refractivity contribution in [2.75, 3.05) is 39.5 Å². The van der Waals surface area contributed by atoms with Crippen LogP contribution in [0.25, 0.3) is 16.0 Å². The van der Waals surface area contributed by atoms with Crippen LogP contribution in [0.15, 0.2) is 0 Å². The van der Waals surface area contributed by atoms with Crippen LogP contribution in [0.1, 0.15) is 40.0 Å². The molecule has 0 heterocycles. The second-order valence-corrected chi connectivity index (χ2v) is 5.63. The van der Waals surface area contributed by atoms with Crippen LogP contribution in [0.3, 0.4) is 0 Å². The van der Waals surface area contributed by atoms with E-state index >= 15 is 0 Å². The molecule has 0 fully saturated rings. The van der Waals surface area contributed by atoms with Gasteiger partial charge in [-0.3, -0.25) is 14.4 Å². The normalized spacial score (nSPS) is 8.71. The number of rotatable bonds is 12. The molecule has 0 aromatic carbocycles. The summed E-state index contributed by atoms with van der Waals surface area (Å²) in [6.07, 6.45) is -0.458. The number of hydrogen-bond donors (Lipinski definition) is 3. The van der Waals surface area contributed by atoms with E-state index in [1.807, 2.05) is 0 Å². The van der Waals surface area contributed by atoms with Crippen LogP contribution in [0.4, 0.5) is 0 Å². The minimum Gasteiger partial charge on any atom is -0.651 e. The number of Topliss-reactive ketones (excluding diaryl/α,β-unsaturated/α-hetero) is 3. The van der Waals surface area contributed by atoms with Gasteiger partial charge in [0.15, 0.2) is 0 Å². The van der Waals surface area contributed by atoms with Gasteiger partial charge in [0, 0.05) is 39.1 Å². The number of amides is 3. The van der Waals surface area contributed by atoms with E-state index in [2.05, 4.69) is 16.0 Å². The molecule has 0 aromatic heterocycles. The van der Waals surface area contributed by atoms with Crippen molar-refractivity contribution in [2.45, 2.75) is 40.0 Å². The molecule has 179 valence electrons. The molecule has 0 aromatic rings. The quantitative estimate of drug-likeness (QED) is 0.240. The molecule has 0 rings (SSSR count). The van der Waals surface area contributed by atoms with Crippen LogP contribution in [0.2, 0.25) is 0 Å². The van der Waals surface area contributed by atoms with Crippen molar-refractivity contribution in [3.63, 3.8) is 0 Å². The molecule has 12 nitrogen and oxygen atoms in total. The van der Waals surface area contributed by atoms with Crippen molar-refractivity contribution in [3.8, 4) is 0 Å². The second-order valence-electron chi connectivity index (χ2n) is 5.63. The third-order valence-corrected chi connectivity index (χ3v) is 2.36. The summed E-state index contributed by atoms with van der Waals surface area (Å²) in [7, 11) is 0. The molecular weight excluding hydrogens is 458 g/mol. The summed E-state index contributed by atoms with van der Waals surface area (Å²) in [6, 6.07) is 0. The summed E-state index contributed by atoms with van der Waals surface area (Å²) in [6.45, 7) is 3.80. The number of hydrogen-bond acceptors (Lipinski definition) is 9. The van der Waals surface area contributed by atoms with Gasteiger partial charge >= 0.3 is 17.1 Å². The molecule has 0 aliphatic heterocycles. The molecule has 0 saturated carbocycles. The van der Waals surface area contributed by atoms with Gasteiger partial charge in [0.1, 0.15) is 17.3 Å². The number of ketones is 3. The molecule has 0 aliphatic rings. The number of aliphatic hydroxyl groups is 3. The van der Waals surface area contributed by atoms with Crippen LogP contribution in [0, 0.1) is 0 Å². The molecule has 3 N–H and O–H groups in total. The Morgan fingerprint density at radius 1 is 0.516 bits per heavy atom. The summed E-state index contributed by atoms with van der Waals surface area (Å²) in [5, 5.41) is 34.8. The third-order valence-electron chi connectivity index (χ3n) is 2.36. The summed E-state index contributed by atoms with van der Waals surface area (Å²) in [5.41, 5.74) is 0. The molecule has 0 saturated heterocycles. The van der Waals surface area contributed by atoms with E-state index < -0.39 is 17.7 Å². The zero-order valence-electron chi connectivity index (χ0n) is 17.9. The number of carbonyl (C=O) groups excluding carboxylic acids is 6. The molecule has 0 atom stereocenters. The molecule has 31 heavy (non-hydrogen) atoms. The van der Waals surface area contributed by atoms with Gasteiger partial charge in [-0.25, -0.2) is 0 Å². The molecule has 0 bridgehead atoms. The molecule has 0 unspecified atom stereocenters. The molecule has 13 heteroatoms. The Morgan fingerprint density at radius 2 is 0.710 bits per heavy atom. The fraction of sp³-hybridized carbons (Fsp3) is 0.667. The molecule has 1 radical (unpaired) electrons. The largest absolute Gasteiger partial charge is 3.00 e. The van der Waals surface area contributed by atoms with Gasteiger partial charge in [-0.15, -0.1) is 19.6 Å². The van der Waals surface area contributed by atoms with Crippen LogP contribution in [-0.2, 0) is 45.8 Å². The first-order chi connectivity index (χ1) is 14.0. The summed E-state index contributed by atoms with van der Waals surface area (Å²) in [5.74, 6) is -1.98. The minimum atomic E-state index is -0.457. The van der Waals surface area contributed by atoms with Crippen molar-refractivity contribution >= 4 is 35.1 Å². The first-order valence-electron chi connectivity index (χ1n) is 8.91. The van der Waals surface area contributed by atoms with Gasteiger partial charge in [0.05, 0.1) is 17.7 Å². The maximum Gasteiger partial charge on any atom is 3.00 e. The van der Waals surface area contributed by atoms with E-state index in [1.54, 1.807) is 0 Å². The summed E-state index contributed by atoms with van der Waals surface area (Å²) in [4.78, 5) is 62.4. The van der Waals surface area contributed by atoms with Gasteiger partial charge in [-0.1, -0.05) is 0 Å². The fourth-order valence-corrected chi connectivity index (χ4v) is 1.33. The van der Waals surface area contributed by atoms with Gasteiger partial charge in [0.2, 0.25) is 0 Å². The zero-order valence-corrected chi connectivity index (χ0v) is 19.0. The van der Waals surface area contributed by atoms with E-state index in [-0.39, 0.29) is 93.1 Å². The SMILES string of the molecule is CC(=O)CC(=O)[N-]CCO.CC(=O)CC(=O)[N-]CCO.CC(=O)CC(=O)[N-]CCO.[Fe+3]. The van der Waals surface area contributed by atoms with Gasteiger partial charge in [0.25, 0.3) is 0 Å². The average molecular weight is 488 g/mol. The standard InChI is InChI=1S/3C6H11NO3.Fe/c3*1-5(9)4-6(10)7-2-3-8;/h3*8H,2-4H2,1H3,(H,7,10);/q;;;+3/p-3. The Morgan fingerprint density at radius 3 is 0.839 bits per heavy atom. The van der Waals surface area contributed by atoms with E-state index in [0.29, 0.717) is 0 Å². The molecule has 0 aliphatic carbocycles. The van der Waals surface area contributed by atoms with Crippen molar-refractivity contribution in [1.82, 2.24) is 0 Å². The first-order valence-corrected chi connectivity index (χ1v) is 8.91. The minimum absolute atomic E-state index is 0. The predicted octanol–water partition coefficient (Wildman–Crippen LogP) is -0.428. The third kappa shape index (κ3) is 39.0.